The monoisotopic (exact) mass is 224 g/mol. The van der Waals surface area contributed by atoms with E-state index in [0.717, 1.165) is 12.2 Å². The maximum atomic E-state index is 11.9. The van der Waals surface area contributed by atoms with Crippen LogP contribution in [0.2, 0.25) is 0 Å². The molecule has 2 N–H and O–H groups in total. The molecule has 0 radical (unpaired) electrons. The van der Waals surface area contributed by atoms with Gasteiger partial charge in [0.2, 0.25) is 5.91 Å². The van der Waals surface area contributed by atoms with E-state index >= 15 is 0 Å². The topological polar surface area (TPSA) is 68.2 Å². The molecule has 0 aliphatic carbocycles. The second kappa shape index (κ2) is 5.09. The zero-order chi connectivity index (χ0) is 11.4. The number of rotatable bonds is 4. The summed E-state index contributed by atoms with van der Waals surface area (Å²) in [7, 11) is 1.61. The van der Waals surface area contributed by atoms with Gasteiger partial charge in [0.15, 0.2) is 0 Å². The van der Waals surface area contributed by atoms with Crippen LogP contribution in [-0.4, -0.2) is 42.5 Å². The van der Waals surface area contributed by atoms with Crippen LogP contribution in [0.1, 0.15) is 11.7 Å². The van der Waals surface area contributed by atoms with Gasteiger partial charge >= 0.3 is 0 Å². The molecule has 1 unspecified atom stereocenters. The van der Waals surface area contributed by atoms with Gasteiger partial charge in [-0.15, -0.1) is 0 Å². The largest absolute Gasteiger partial charge is 0.383 e. The van der Waals surface area contributed by atoms with Gasteiger partial charge in [0.25, 0.3) is 0 Å². The number of aromatic nitrogens is 2. The van der Waals surface area contributed by atoms with E-state index in [2.05, 4.69) is 15.7 Å². The van der Waals surface area contributed by atoms with Gasteiger partial charge in [0.05, 0.1) is 12.3 Å². The Bertz CT molecular complexity index is 363. The van der Waals surface area contributed by atoms with Crippen LogP contribution in [0, 0.1) is 0 Å². The van der Waals surface area contributed by atoms with Crippen LogP contribution in [0.4, 0.5) is 0 Å². The summed E-state index contributed by atoms with van der Waals surface area (Å²) >= 11 is 0. The number of hydrogen-bond donors (Lipinski definition) is 2. The summed E-state index contributed by atoms with van der Waals surface area (Å²) in [5.74, 6) is -0.0193. The Labute approximate surface area is 94.0 Å². The Hall–Kier alpha value is -1.40. The van der Waals surface area contributed by atoms with Gasteiger partial charge in [-0.3, -0.25) is 9.48 Å². The van der Waals surface area contributed by atoms with Crippen LogP contribution < -0.4 is 10.6 Å². The molecule has 88 valence electrons. The quantitative estimate of drug-likeness (QED) is 0.663. The molecule has 0 aromatic carbocycles. The molecule has 0 spiro atoms. The second-order valence-corrected chi connectivity index (χ2v) is 3.70. The Kier molecular flexibility index (Phi) is 3.53. The van der Waals surface area contributed by atoms with Gasteiger partial charge in [0.1, 0.15) is 6.04 Å². The molecule has 0 saturated carbocycles. The van der Waals surface area contributed by atoms with Gasteiger partial charge in [0, 0.05) is 32.9 Å². The fourth-order valence-electron chi connectivity index (χ4n) is 1.78. The first-order valence-corrected chi connectivity index (χ1v) is 5.32. The van der Waals surface area contributed by atoms with Crippen molar-refractivity contribution in [3.63, 3.8) is 0 Å². The molecule has 1 aromatic heterocycles. The molecule has 2 rings (SSSR count). The zero-order valence-corrected chi connectivity index (χ0v) is 9.27. The van der Waals surface area contributed by atoms with E-state index in [1.54, 1.807) is 18.0 Å². The van der Waals surface area contributed by atoms with E-state index < -0.39 is 0 Å². The highest BCUT2D eigenvalue weighted by Crippen LogP contribution is 2.13. The van der Waals surface area contributed by atoms with Crippen molar-refractivity contribution in [3.8, 4) is 0 Å². The molecule has 1 amide bonds. The van der Waals surface area contributed by atoms with Crippen molar-refractivity contribution in [1.29, 1.82) is 0 Å². The zero-order valence-electron chi connectivity index (χ0n) is 9.27. The summed E-state index contributed by atoms with van der Waals surface area (Å²) in [6.45, 7) is 2.44. The third-order valence-electron chi connectivity index (χ3n) is 2.60. The van der Waals surface area contributed by atoms with E-state index in [-0.39, 0.29) is 11.9 Å². The summed E-state index contributed by atoms with van der Waals surface area (Å²) in [6, 6.07) is 1.66. The highest BCUT2D eigenvalue weighted by Gasteiger charge is 2.25. The lowest BCUT2D eigenvalue weighted by Gasteiger charge is -2.24. The van der Waals surface area contributed by atoms with Crippen molar-refractivity contribution in [1.82, 2.24) is 20.4 Å². The summed E-state index contributed by atoms with van der Waals surface area (Å²) in [4.78, 5) is 11.9. The number of nitrogens with zero attached hydrogens (tertiary/aromatic N) is 2. The minimum atomic E-state index is -0.254. The number of fused-ring (bicyclic) bond motifs is 1. The van der Waals surface area contributed by atoms with Crippen LogP contribution in [0.3, 0.4) is 0 Å². The average molecular weight is 224 g/mol. The van der Waals surface area contributed by atoms with Crippen molar-refractivity contribution in [2.24, 2.45) is 0 Å². The molecule has 0 bridgehead atoms. The van der Waals surface area contributed by atoms with Gasteiger partial charge in [-0.1, -0.05) is 0 Å². The van der Waals surface area contributed by atoms with E-state index in [0.29, 0.717) is 19.7 Å². The highest BCUT2D eigenvalue weighted by atomic mass is 16.5. The van der Waals surface area contributed by atoms with E-state index in [1.807, 2.05) is 6.07 Å². The number of amides is 1. The Balaban J connectivity index is 1.98. The van der Waals surface area contributed by atoms with Crippen molar-refractivity contribution >= 4 is 5.91 Å². The Morgan fingerprint density at radius 3 is 3.50 bits per heavy atom. The lowest BCUT2D eigenvalue weighted by atomic mass is 10.2. The molecule has 0 saturated heterocycles. The van der Waals surface area contributed by atoms with Crippen molar-refractivity contribution in [3.05, 3.63) is 18.0 Å². The van der Waals surface area contributed by atoms with Crippen LogP contribution >= 0.6 is 0 Å². The molecule has 0 fully saturated rings. The first kappa shape index (κ1) is 11.1. The first-order chi connectivity index (χ1) is 7.83. The number of ether oxygens (including phenoxy) is 1. The average Bonchev–Trinajstić information content (AvgIpc) is 2.76. The number of carbonyl (C=O) groups excluding carboxylic acids is 1. The fraction of sp³-hybridized carbons (Fsp3) is 0.600. The van der Waals surface area contributed by atoms with Crippen LogP contribution in [0.5, 0.6) is 0 Å². The van der Waals surface area contributed by atoms with Crippen LogP contribution in [0.15, 0.2) is 12.3 Å². The smallest absolute Gasteiger partial charge is 0.246 e. The normalized spacial score (nSPS) is 19.2. The number of nitrogens with one attached hydrogen (secondary N) is 2. The summed E-state index contributed by atoms with van der Waals surface area (Å²) in [5.41, 5.74) is 1.04. The third-order valence-corrected chi connectivity index (χ3v) is 2.60. The van der Waals surface area contributed by atoms with Gasteiger partial charge in [-0.2, -0.15) is 5.10 Å². The minimum absolute atomic E-state index is 0.0193. The SMILES string of the molecule is COCCNC(=O)C1CNCc2ccnn21. The predicted octanol–water partition coefficient (Wildman–Crippen LogP) is -0.710. The van der Waals surface area contributed by atoms with Crippen LogP contribution in [-0.2, 0) is 16.1 Å². The minimum Gasteiger partial charge on any atom is -0.383 e. The molecule has 1 aliphatic rings. The Morgan fingerprint density at radius 2 is 2.69 bits per heavy atom. The standard InChI is InChI=1S/C10H16N4O2/c1-16-5-4-12-10(15)9-7-11-6-8-2-3-13-14(8)9/h2-3,9,11H,4-7H2,1H3,(H,12,15). The fourth-order valence-corrected chi connectivity index (χ4v) is 1.78. The maximum absolute atomic E-state index is 11.9. The molecule has 2 heterocycles. The summed E-state index contributed by atoms with van der Waals surface area (Å²) in [5, 5.41) is 10.2. The second-order valence-electron chi connectivity index (χ2n) is 3.70. The van der Waals surface area contributed by atoms with Gasteiger partial charge in [-0.25, -0.2) is 0 Å². The van der Waals surface area contributed by atoms with E-state index in [9.17, 15) is 4.79 Å². The number of hydrogen-bond acceptors (Lipinski definition) is 4. The lowest BCUT2D eigenvalue weighted by molar-refractivity contribution is -0.125. The molecular weight excluding hydrogens is 208 g/mol. The van der Waals surface area contributed by atoms with E-state index in [4.69, 9.17) is 4.74 Å². The number of methoxy groups -OCH3 is 1. The molecule has 1 atom stereocenters. The molecule has 6 heteroatoms. The summed E-state index contributed by atoms with van der Waals surface area (Å²) in [6.07, 6.45) is 1.72. The molecule has 1 aliphatic heterocycles. The van der Waals surface area contributed by atoms with E-state index in [1.165, 1.54) is 0 Å². The van der Waals surface area contributed by atoms with Crippen molar-refractivity contribution in [2.75, 3.05) is 26.8 Å². The third kappa shape index (κ3) is 2.23. The lowest BCUT2D eigenvalue weighted by Crippen LogP contribution is -2.43. The molecule has 16 heavy (non-hydrogen) atoms. The van der Waals surface area contributed by atoms with Crippen molar-refractivity contribution < 1.29 is 9.53 Å². The molecule has 6 nitrogen and oxygen atoms in total. The molecule has 1 aromatic rings. The maximum Gasteiger partial charge on any atom is 0.246 e. The summed E-state index contributed by atoms with van der Waals surface area (Å²) < 4.78 is 6.66. The highest BCUT2D eigenvalue weighted by molar-refractivity contribution is 5.80. The predicted molar refractivity (Wildman–Crippen MR) is 57.9 cm³/mol. The van der Waals surface area contributed by atoms with Gasteiger partial charge in [-0.05, 0) is 6.07 Å². The number of carbonyl (C=O) groups is 1. The first-order valence-electron chi connectivity index (χ1n) is 5.32. The van der Waals surface area contributed by atoms with Crippen molar-refractivity contribution in [2.45, 2.75) is 12.6 Å². The molecular formula is C10H16N4O2. The van der Waals surface area contributed by atoms with Crippen LogP contribution in [0.25, 0.3) is 0 Å². The van der Waals surface area contributed by atoms with Gasteiger partial charge < -0.3 is 15.4 Å². The Morgan fingerprint density at radius 1 is 1.81 bits per heavy atom.